The molecule has 4 nitrogen and oxygen atoms in total. The normalized spacial score (nSPS) is 9.75. The maximum atomic E-state index is 10.9. The molecule has 0 aliphatic heterocycles. The van der Waals surface area contributed by atoms with Crippen molar-refractivity contribution in [2.75, 3.05) is 0 Å². The van der Waals surface area contributed by atoms with E-state index in [-0.39, 0.29) is 12.0 Å². The molecule has 1 rings (SSSR count). The topological polar surface area (TPSA) is 52.3 Å². The lowest BCUT2D eigenvalue weighted by atomic mass is 10.3. The quantitative estimate of drug-likeness (QED) is 0.644. The summed E-state index contributed by atoms with van der Waals surface area (Å²) in [5, 5.41) is 0. The monoisotopic (exact) mass is 169 g/mol. The van der Waals surface area contributed by atoms with Crippen LogP contribution in [0.5, 0.6) is 6.08 Å². The second-order valence-corrected chi connectivity index (χ2v) is 2.38. The summed E-state index contributed by atoms with van der Waals surface area (Å²) < 4.78 is 9.47. The third kappa shape index (κ3) is 2.74. The van der Waals surface area contributed by atoms with Crippen LogP contribution < -0.4 is 4.74 Å². The highest BCUT2D eigenvalue weighted by molar-refractivity contribution is 5.71. The molecule has 0 unspecified atom stereocenters. The Balaban J connectivity index is 2.27. The van der Waals surface area contributed by atoms with Crippen molar-refractivity contribution in [3.63, 3.8) is 0 Å². The van der Waals surface area contributed by atoms with Crippen LogP contribution in [0.4, 0.5) is 0 Å². The van der Waals surface area contributed by atoms with Crippen LogP contribution >= 0.6 is 0 Å². The number of hydrogen-bond donors (Lipinski definition) is 0. The van der Waals surface area contributed by atoms with E-state index in [1.165, 1.54) is 12.5 Å². The second kappa shape index (κ2) is 4.54. The number of rotatable bonds is 4. The molecule has 1 aromatic rings. The molecule has 0 aliphatic rings. The summed E-state index contributed by atoms with van der Waals surface area (Å²) in [4.78, 5) is 14.6. The molecule has 1 heterocycles. The van der Waals surface area contributed by atoms with Crippen molar-refractivity contribution in [2.45, 2.75) is 26.2 Å². The van der Waals surface area contributed by atoms with Crippen LogP contribution in [-0.4, -0.2) is 11.0 Å². The highest BCUT2D eigenvalue weighted by Gasteiger charge is 2.06. The Morgan fingerprint density at radius 3 is 3.17 bits per heavy atom. The molecule has 0 aliphatic carbocycles. The summed E-state index contributed by atoms with van der Waals surface area (Å²) in [6, 6.07) is 0. The minimum Gasteiger partial charge on any atom is -0.417 e. The Morgan fingerprint density at radius 1 is 1.75 bits per heavy atom. The van der Waals surface area contributed by atoms with Crippen LogP contribution in [0.2, 0.25) is 0 Å². The Labute approximate surface area is 70.5 Å². The van der Waals surface area contributed by atoms with E-state index in [1.54, 1.807) is 0 Å². The molecule has 0 amide bonds. The predicted octanol–water partition coefficient (Wildman–Crippen LogP) is 1.77. The Hall–Kier alpha value is -1.32. The van der Waals surface area contributed by atoms with Crippen LogP contribution in [-0.2, 0) is 4.79 Å². The summed E-state index contributed by atoms with van der Waals surface area (Å²) in [5.41, 5.74) is 0. The van der Waals surface area contributed by atoms with Crippen LogP contribution in [0.3, 0.4) is 0 Å². The van der Waals surface area contributed by atoms with Gasteiger partial charge in [-0.2, -0.15) is 4.98 Å². The molecule has 0 radical (unpaired) electrons. The van der Waals surface area contributed by atoms with Crippen molar-refractivity contribution in [1.82, 2.24) is 4.98 Å². The number of hydrogen-bond acceptors (Lipinski definition) is 4. The molecule has 0 N–H and O–H groups in total. The number of carbonyl (C=O) groups is 1. The van der Waals surface area contributed by atoms with E-state index >= 15 is 0 Å². The van der Waals surface area contributed by atoms with Crippen LogP contribution in [0.25, 0.3) is 0 Å². The lowest BCUT2D eigenvalue weighted by Crippen LogP contribution is -2.07. The van der Waals surface area contributed by atoms with E-state index in [1.807, 2.05) is 6.92 Å². The number of esters is 1. The summed E-state index contributed by atoms with van der Waals surface area (Å²) in [7, 11) is 0. The fourth-order valence-corrected chi connectivity index (χ4v) is 0.730. The van der Waals surface area contributed by atoms with Gasteiger partial charge in [0.2, 0.25) is 0 Å². The van der Waals surface area contributed by atoms with Crippen molar-refractivity contribution in [3.05, 3.63) is 12.5 Å². The van der Waals surface area contributed by atoms with Crippen molar-refractivity contribution >= 4 is 5.97 Å². The highest BCUT2D eigenvalue weighted by Crippen LogP contribution is 2.06. The summed E-state index contributed by atoms with van der Waals surface area (Å²) in [5.74, 6) is -0.292. The van der Waals surface area contributed by atoms with Crippen molar-refractivity contribution < 1.29 is 13.9 Å². The Morgan fingerprint density at radius 2 is 2.58 bits per heavy atom. The second-order valence-electron chi connectivity index (χ2n) is 2.38. The van der Waals surface area contributed by atoms with Gasteiger partial charge in [-0.05, 0) is 6.42 Å². The molecule has 0 fully saturated rings. The average Bonchev–Trinajstić information content (AvgIpc) is 2.53. The number of carbonyl (C=O) groups excluding carboxylic acids is 1. The van der Waals surface area contributed by atoms with Gasteiger partial charge in [0.15, 0.2) is 0 Å². The maximum Gasteiger partial charge on any atom is 0.401 e. The first kappa shape index (κ1) is 8.77. The molecule has 0 saturated carbocycles. The van der Waals surface area contributed by atoms with Crippen LogP contribution in [0, 0.1) is 0 Å². The fourth-order valence-electron chi connectivity index (χ4n) is 0.730. The van der Waals surface area contributed by atoms with E-state index < -0.39 is 0 Å². The van der Waals surface area contributed by atoms with Crippen LogP contribution in [0.15, 0.2) is 16.9 Å². The third-order valence-corrected chi connectivity index (χ3v) is 1.35. The zero-order valence-corrected chi connectivity index (χ0v) is 6.95. The zero-order valence-electron chi connectivity index (χ0n) is 6.95. The lowest BCUT2D eigenvalue weighted by molar-refractivity contribution is -0.136. The standard InChI is InChI=1S/C8H11NO3/c1-2-3-4-7(10)12-8-9-5-6-11-8/h5-6H,2-4H2,1H3. The number of unbranched alkanes of at least 4 members (excludes halogenated alkanes) is 1. The van der Waals surface area contributed by atoms with Crippen molar-refractivity contribution in [2.24, 2.45) is 0 Å². The van der Waals surface area contributed by atoms with Gasteiger partial charge in [-0.15, -0.1) is 0 Å². The first-order chi connectivity index (χ1) is 5.83. The molecule has 0 spiro atoms. The Kier molecular flexibility index (Phi) is 3.32. The number of nitrogens with zero attached hydrogens (tertiary/aromatic N) is 1. The molecule has 66 valence electrons. The van der Waals surface area contributed by atoms with E-state index in [9.17, 15) is 4.79 Å². The zero-order chi connectivity index (χ0) is 8.81. The number of oxazole rings is 1. The third-order valence-electron chi connectivity index (χ3n) is 1.35. The molecular formula is C8H11NO3. The summed E-state index contributed by atoms with van der Waals surface area (Å²) in [6.45, 7) is 2.01. The lowest BCUT2D eigenvalue weighted by Gasteiger charge is -1.96. The molecule has 12 heavy (non-hydrogen) atoms. The molecule has 0 bridgehead atoms. The summed E-state index contributed by atoms with van der Waals surface area (Å²) in [6.07, 6.45) is 5.04. The SMILES string of the molecule is CCCCC(=O)Oc1ncco1. The minimum absolute atomic E-state index is 0.0242. The smallest absolute Gasteiger partial charge is 0.401 e. The van der Waals surface area contributed by atoms with Gasteiger partial charge in [0.05, 0.1) is 6.20 Å². The van der Waals surface area contributed by atoms with Gasteiger partial charge >= 0.3 is 12.0 Å². The largest absolute Gasteiger partial charge is 0.417 e. The van der Waals surface area contributed by atoms with Gasteiger partial charge in [-0.3, -0.25) is 4.79 Å². The number of aromatic nitrogens is 1. The van der Waals surface area contributed by atoms with Gasteiger partial charge in [-0.1, -0.05) is 13.3 Å². The van der Waals surface area contributed by atoms with Gasteiger partial charge in [0, 0.05) is 6.42 Å². The van der Waals surface area contributed by atoms with Crippen molar-refractivity contribution in [3.8, 4) is 6.08 Å². The molecular weight excluding hydrogens is 158 g/mol. The van der Waals surface area contributed by atoms with E-state index in [0.29, 0.717) is 6.42 Å². The molecule has 0 atom stereocenters. The van der Waals surface area contributed by atoms with Crippen LogP contribution in [0.1, 0.15) is 26.2 Å². The van der Waals surface area contributed by atoms with Gasteiger partial charge in [0.25, 0.3) is 0 Å². The Bertz CT molecular complexity index is 230. The fraction of sp³-hybridized carbons (Fsp3) is 0.500. The van der Waals surface area contributed by atoms with Gasteiger partial charge in [-0.25, -0.2) is 0 Å². The molecule has 0 saturated heterocycles. The molecule has 1 aromatic heterocycles. The van der Waals surface area contributed by atoms with Gasteiger partial charge < -0.3 is 9.15 Å². The predicted molar refractivity (Wildman–Crippen MR) is 41.7 cm³/mol. The number of ether oxygens (including phenoxy) is 1. The molecule has 4 heteroatoms. The van der Waals surface area contributed by atoms with Crippen molar-refractivity contribution in [1.29, 1.82) is 0 Å². The molecule has 0 aromatic carbocycles. The maximum absolute atomic E-state index is 10.9. The van der Waals surface area contributed by atoms with E-state index in [4.69, 9.17) is 9.15 Å². The average molecular weight is 169 g/mol. The highest BCUT2D eigenvalue weighted by atomic mass is 16.6. The first-order valence-corrected chi connectivity index (χ1v) is 3.93. The minimum atomic E-state index is -0.292. The van der Waals surface area contributed by atoms with Gasteiger partial charge in [0.1, 0.15) is 6.26 Å². The van der Waals surface area contributed by atoms with E-state index in [2.05, 4.69) is 4.98 Å². The summed E-state index contributed by atoms with van der Waals surface area (Å²) >= 11 is 0. The first-order valence-electron chi connectivity index (χ1n) is 3.93. The van der Waals surface area contributed by atoms with E-state index in [0.717, 1.165) is 12.8 Å².